The van der Waals surface area contributed by atoms with Crippen molar-refractivity contribution in [3.8, 4) is 5.75 Å². The van der Waals surface area contributed by atoms with Crippen molar-refractivity contribution in [3.05, 3.63) is 29.8 Å². The number of aliphatic hydroxyl groups excluding tert-OH is 2. The van der Waals surface area contributed by atoms with Gasteiger partial charge in [0, 0.05) is 0 Å². The Morgan fingerprint density at radius 1 is 1.15 bits per heavy atom. The highest BCUT2D eigenvalue weighted by Gasteiger charge is 2.56. The highest BCUT2D eigenvalue weighted by Crippen LogP contribution is 2.39. The van der Waals surface area contributed by atoms with Gasteiger partial charge in [0.2, 0.25) is 0 Å². The van der Waals surface area contributed by atoms with Gasteiger partial charge in [0.05, 0.1) is 19.3 Å². The van der Waals surface area contributed by atoms with E-state index < -0.39 is 43.1 Å². The third-order valence-electron chi connectivity index (χ3n) is 4.33. The van der Waals surface area contributed by atoms with Crippen LogP contribution in [0.5, 0.6) is 5.75 Å². The lowest BCUT2D eigenvalue weighted by Crippen LogP contribution is -2.44. The molecule has 2 heterocycles. The van der Waals surface area contributed by atoms with Gasteiger partial charge in [0.1, 0.15) is 30.2 Å². The van der Waals surface area contributed by atoms with Gasteiger partial charge < -0.3 is 33.9 Å². The first-order chi connectivity index (χ1) is 12.3. The molecule has 146 valence electrons. The van der Waals surface area contributed by atoms with Gasteiger partial charge in [0.25, 0.3) is 0 Å². The molecule has 5 atom stereocenters. The molecule has 2 aliphatic rings. The van der Waals surface area contributed by atoms with Crippen LogP contribution in [0.4, 0.5) is 0 Å². The van der Waals surface area contributed by atoms with Gasteiger partial charge in [-0.25, -0.2) is 0 Å². The Labute approximate surface area is 153 Å². The SMILES string of the molecule is CC(C)Oc1ccc(CO[C@@H]2[C@H]3OC(C)(C)O[C@@H]3O[C@@H]2[C@H](O)CO)cc1. The maximum absolute atomic E-state index is 10.0. The van der Waals surface area contributed by atoms with Crippen molar-refractivity contribution in [2.75, 3.05) is 6.61 Å². The van der Waals surface area contributed by atoms with Gasteiger partial charge in [-0.15, -0.1) is 0 Å². The molecule has 0 aliphatic carbocycles. The zero-order valence-corrected chi connectivity index (χ0v) is 15.6. The zero-order valence-electron chi connectivity index (χ0n) is 15.6. The fourth-order valence-electron chi connectivity index (χ4n) is 3.24. The average Bonchev–Trinajstić information content (AvgIpc) is 3.05. The summed E-state index contributed by atoms with van der Waals surface area (Å²) in [6.07, 6.45) is -3.29. The molecule has 0 radical (unpaired) electrons. The van der Waals surface area contributed by atoms with Gasteiger partial charge in [-0.1, -0.05) is 12.1 Å². The van der Waals surface area contributed by atoms with E-state index in [1.54, 1.807) is 13.8 Å². The van der Waals surface area contributed by atoms with Gasteiger partial charge in [-0.05, 0) is 45.4 Å². The van der Waals surface area contributed by atoms with Crippen LogP contribution in [-0.2, 0) is 25.6 Å². The fraction of sp³-hybridized carbons (Fsp3) is 0.684. The maximum Gasteiger partial charge on any atom is 0.190 e. The van der Waals surface area contributed by atoms with Crippen molar-refractivity contribution >= 4 is 0 Å². The molecule has 2 saturated heterocycles. The predicted molar refractivity (Wildman–Crippen MR) is 92.6 cm³/mol. The second-order valence-electron chi connectivity index (χ2n) is 7.41. The minimum atomic E-state index is -1.07. The van der Waals surface area contributed by atoms with Crippen LogP contribution in [0, 0.1) is 0 Å². The van der Waals surface area contributed by atoms with Crippen molar-refractivity contribution in [3.63, 3.8) is 0 Å². The minimum absolute atomic E-state index is 0.119. The molecule has 2 N–H and O–H groups in total. The van der Waals surface area contributed by atoms with Crippen LogP contribution in [-0.4, -0.2) is 59.4 Å². The second-order valence-corrected chi connectivity index (χ2v) is 7.41. The summed E-state index contributed by atoms with van der Waals surface area (Å²) in [6.45, 7) is 7.45. The van der Waals surface area contributed by atoms with E-state index in [-0.39, 0.29) is 6.10 Å². The number of aliphatic hydroxyl groups is 2. The van der Waals surface area contributed by atoms with E-state index in [0.29, 0.717) is 6.61 Å². The van der Waals surface area contributed by atoms with E-state index in [0.717, 1.165) is 11.3 Å². The molecule has 0 unspecified atom stereocenters. The largest absolute Gasteiger partial charge is 0.491 e. The van der Waals surface area contributed by atoms with E-state index in [4.69, 9.17) is 23.7 Å². The lowest BCUT2D eigenvalue weighted by Gasteiger charge is -2.28. The first-order valence-corrected chi connectivity index (χ1v) is 8.96. The lowest BCUT2D eigenvalue weighted by atomic mass is 10.1. The van der Waals surface area contributed by atoms with Crippen LogP contribution in [0.2, 0.25) is 0 Å². The van der Waals surface area contributed by atoms with Crippen LogP contribution in [0.1, 0.15) is 33.3 Å². The molecular formula is C19H28O7. The predicted octanol–water partition coefficient (Wildman–Crippen LogP) is 1.59. The molecule has 7 nitrogen and oxygen atoms in total. The van der Waals surface area contributed by atoms with Crippen molar-refractivity contribution in [2.24, 2.45) is 0 Å². The molecule has 0 saturated carbocycles. The van der Waals surface area contributed by atoms with Crippen molar-refractivity contribution in [1.82, 2.24) is 0 Å². The third kappa shape index (κ3) is 4.36. The van der Waals surface area contributed by atoms with Crippen LogP contribution < -0.4 is 4.74 Å². The summed E-state index contributed by atoms with van der Waals surface area (Å²) < 4.78 is 29.0. The quantitative estimate of drug-likeness (QED) is 0.756. The van der Waals surface area contributed by atoms with E-state index in [2.05, 4.69) is 0 Å². The summed E-state index contributed by atoms with van der Waals surface area (Å²) in [5.74, 6) is 0.0259. The molecular weight excluding hydrogens is 340 g/mol. The van der Waals surface area contributed by atoms with Crippen LogP contribution in [0.3, 0.4) is 0 Å². The van der Waals surface area contributed by atoms with E-state index >= 15 is 0 Å². The molecule has 2 aliphatic heterocycles. The molecule has 0 amide bonds. The molecule has 1 aromatic carbocycles. The van der Waals surface area contributed by atoms with Gasteiger partial charge in [-0.3, -0.25) is 0 Å². The van der Waals surface area contributed by atoms with E-state index in [9.17, 15) is 10.2 Å². The summed E-state index contributed by atoms with van der Waals surface area (Å²) >= 11 is 0. The van der Waals surface area contributed by atoms with E-state index in [1.807, 2.05) is 38.1 Å². The molecule has 0 spiro atoms. The second kappa shape index (κ2) is 7.80. The average molecular weight is 368 g/mol. The van der Waals surface area contributed by atoms with Crippen LogP contribution in [0.25, 0.3) is 0 Å². The number of rotatable bonds is 7. The lowest BCUT2D eigenvalue weighted by molar-refractivity contribution is -0.232. The number of hydrogen-bond acceptors (Lipinski definition) is 7. The molecule has 2 fully saturated rings. The van der Waals surface area contributed by atoms with Gasteiger partial charge in [-0.2, -0.15) is 0 Å². The molecule has 1 aromatic rings. The van der Waals surface area contributed by atoms with Crippen molar-refractivity contribution in [1.29, 1.82) is 0 Å². The number of hydrogen-bond donors (Lipinski definition) is 2. The summed E-state index contributed by atoms with van der Waals surface area (Å²) in [7, 11) is 0. The topological polar surface area (TPSA) is 86.6 Å². The monoisotopic (exact) mass is 368 g/mol. The Kier molecular flexibility index (Phi) is 5.86. The highest BCUT2D eigenvalue weighted by atomic mass is 16.8. The first kappa shape index (κ1) is 19.5. The van der Waals surface area contributed by atoms with Gasteiger partial charge >= 0.3 is 0 Å². The van der Waals surface area contributed by atoms with Crippen molar-refractivity contribution < 1.29 is 33.9 Å². The smallest absolute Gasteiger partial charge is 0.190 e. The normalized spacial score (nSPS) is 31.2. The molecule has 26 heavy (non-hydrogen) atoms. The minimum Gasteiger partial charge on any atom is -0.491 e. The first-order valence-electron chi connectivity index (χ1n) is 8.96. The zero-order chi connectivity index (χ0) is 18.9. The summed E-state index contributed by atoms with van der Waals surface area (Å²) in [6, 6.07) is 7.65. The molecule has 0 bridgehead atoms. The maximum atomic E-state index is 10.0. The number of benzene rings is 1. The Hall–Kier alpha value is -1.22. The van der Waals surface area contributed by atoms with Gasteiger partial charge in [0.15, 0.2) is 12.1 Å². The van der Waals surface area contributed by atoms with Crippen molar-refractivity contribution in [2.45, 2.75) is 76.9 Å². The molecule has 3 rings (SSSR count). The Balaban J connectivity index is 1.65. The highest BCUT2D eigenvalue weighted by molar-refractivity contribution is 5.27. The summed E-state index contributed by atoms with van der Waals surface area (Å²) in [4.78, 5) is 0. The fourth-order valence-corrected chi connectivity index (χ4v) is 3.24. The van der Waals surface area contributed by atoms with Crippen LogP contribution in [0.15, 0.2) is 24.3 Å². The number of fused-ring (bicyclic) bond motifs is 1. The molecule has 7 heteroatoms. The number of ether oxygens (including phenoxy) is 5. The third-order valence-corrected chi connectivity index (χ3v) is 4.33. The molecule has 0 aromatic heterocycles. The standard InChI is InChI=1S/C19H28O7/c1-11(2)23-13-7-5-12(6-8-13)10-22-16-15(14(21)9-20)24-18-17(16)25-19(3,4)26-18/h5-8,11,14-18,20-21H,9-10H2,1-4H3/t14-,15-,16+,17-,18+/m1/s1. The van der Waals surface area contributed by atoms with E-state index in [1.165, 1.54) is 0 Å². The Bertz CT molecular complexity index is 586. The Morgan fingerprint density at radius 2 is 1.85 bits per heavy atom. The summed E-state index contributed by atoms with van der Waals surface area (Å²) in [5, 5.41) is 19.3. The van der Waals surface area contributed by atoms with Crippen LogP contribution >= 0.6 is 0 Å². The Morgan fingerprint density at radius 3 is 2.46 bits per heavy atom. The summed E-state index contributed by atoms with van der Waals surface area (Å²) in [5.41, 5.74) is 0.958.